The highest BCUT2D eigenvalue weighted by Gasteiger charge is 2.45. The predicted octanol–water partition coefficient (Wildman–Crippen LogP) is 5.25. The monoisotopic (exact) mass is 454 g/mol. The standard InChI is InChI=1S/C22H19ClN4O3S/c1-22(2)9-15-20(16(28)10-22)19(17-7-8-18(31-17)27(29)30)12(11-24)21(25)26(15)14-6-4-3-5-13(14)23/h3-8,19H,9-10,25H2,1-2H3. The van der Waals surface area contributed by atoms with Crippen LogP contribution in [0.15, 0.2) is 59.1 Å². The number of nitriles is 1. The van der Waals surface area contributed by atoms with Crippen LogP contribution in [0.5, 0.6) is 0 Å². The molecule has 1 aliphatic carbocycles. The molecule has 1 aromatic heterocycles. The molecule has 9 heteroatoms. The molecule has 0 radical (unpaired) electrons. The van der Waals surface area contributed by atoms with Gasteiger partial charge >= 0.3 is 5.00 Å². The van der Waals surface area contributed by atoms with E-state index in [2.05, 4.69) is 6.07 Å². The van der Waals surface area contributed by atoms with Crippen LogP contribution in [0.4, 0.5) is 10.7 Å². The summed E-state index contributed by atoms with van der Waals surface area (Å²) in [5.74, 6) is -0.647. The average Bonchev–Trinajstić information content (AvgIpc) is 3.17. The van der Waals surface area contributed by atoms with E-state index in [1.165, 1.54) is 6.07 Å². The molecule has 1 atom stereocenters. The number of carbonyl (C=O) groups excluding carboxylic acids is 1. The third kappa shape index (κ3) is 3.50. The van der Waals surface area contributed by atoms with Gasteiger partial charge in [0.15, 0.2) is 5.78 Å². The number of thiophene rings is 1. The number of hydrogen-bond acceptors (Lipinski definition) is 7. The summed E-state index contributed by atoms with van der Waals surface area (Å²) in [4.78, 5) is 26.4. The molecule has 0 bridgehead atoms. The summed E-state index contributed by atoms with van der Waals surface area (Å²) in [6.07, 6.45) is 0.855. The van der Waals surface area contributed by atoms with E-state index in [0.29, 0.717) is 39.7 Å². The SMILES string of the molecule is CC1(C)CC(=O)C2=C(C1)N(c1ccccc1Cl)C(N)=C(C#N)C2c1ccc([N+](=O)[O-])s1. The summed E-state index contributed by atoms with van der Waals surface area (Å²) in [5, 5.41) is 21.6. The lowest BCUT2D eigenvalue weighted by Crippen LogP contribution is -2.42. The van der Waals surface area contributed by atoms with Crippen LogP contribution >= 0.6 is 22.9 Å². The molecule has 2 heterocycles. The number of nitrogens with zero attached hydrogens (tertiary/aromatic N) is 3. The third-order valence-electron chi connectivity index (χ3n) is 5.55. The Labute approximate surface area is 188 Å². The quantitative estimate of drug-likeness (QED) is 0.500. The smallest absolute Gasteiger partial charge is 0.324 e. The number of carbonyl (C=O) groups is 1. The van der Waals surface area contributed by atoms with Gasteiger partial charge in [0.1, 0.15) is 5.82 Å². The van der Waals surface area contributed by atoms with Gasteiger partial charge in [-0.2, -0.15) is 5.26 Å². The zero-order chi connectivity index (χ0) is 22.5. The number of nitrogens with two attached hydrogens (primary N) is 1. The molecule has 7 nitrogen and oxygen atoms in total. The fraction of sp³-hybridized carbons (Fsp3) is 0.273. The minimum Gasteiger partial charge on any atom is -0.384 e. The summed E-state index contributed by atoms with van der Waals surface area (Å²) in [5.41, 5.74) is 8.12. The Balaban J connectivity index is 2.00. The van der Waals surface area contributed by atoms with Crippen LogP contribution in [0.3, 0.4) is 0 Å². The van der Waals surface area contributed by atoms with Crippen molar-refractivity contribution in [3.05, 3.63) is 79.1 Å². The van der Waals surface area contributed by atoms with Crippen molar-refractivity contribution in [3.8, 4) is 6.07 Å². The number of halogens is 1. The van der Waals surface area contributed by atoms with Gasteiger partial charge in [-0.1, -0.05) is 48.9 Å². The zero-order valence-corrected chi connectivity index (χ0v) is 18.5. The van der Waals surface area contributed by atoms with Gasteiger partial charge in [0.25, 0.3) is 0 Å². The first-order chi connectivity index (χ1) is 14.6. The molecule has 0 saturated carbocycles. The fourth-order valence-corrected chi connectivity index (χ4v) is 5.46. The lowest BCUT2D eigenvalue weighted by Gasteiger charge is -2.43. The summed E-state index contributed by atoms with van der Waals surface area (Å²) in [6.45, 7) is 4.01. The summed E-state index contributed by atoms with van der Waals surface area (Å²) in [7, 11) is 0. The van der Waals surface area contributed by atoms with Gasteiger partial charge in [-0.15, -0.1) is 0 Å². The number of nitro groups is 1. The van der Waals surface area contributed by atoms with E-state index in [-0.39, 0.29) is 27.6 Å². The van der Waals surface area contributed by atoms with Gasteiger partial charge < -0.3 is 5.73 Å². The van der Waals surface area contributed by atoms with E-state index in [1.54, 1.807) is 29.2 Å². The largest absolute Gasteiger partial charge is 0.384 e. The molecule has 1 unspecified atom stereocenters. The maximum absolute atomic E-state index is 13.4. The van der Waals surface area contributed by atoms with Crippen LogP contribution in [-0.4, -0.2) is 10.7 Å². The maximum Gasteiger partial charge on any atom is 0.324 e. The molecule has 2 aliphatic rings. The molecule has 0 fully saturated rings. The first-order valence-corrected chi connectivity index (χ1v) is 10.8. The molecule has 0 spiro atoms. The first-order valence-electron chi connectivity index (χ1n) is 9.59. The Morgan fingerprint density at radius 3 is 2.61 bits per heavy atom. The van der Waals surface area contributed by atoms with E-state index in [9.17, 15) is 20.2 Å². The van der Waals surface area contributed by atoms with Gasteiger partial charge in [0, 0.05) is 28.6 Å². The predicted molar refractivity (Wildman–Crippen MR) is 120 cm³/mol. The molecule has 4 rings (SSSR count). The molecular formula is C22H19ClN4O3S. The lowest BCUT2D eigenvalue weighted by molar-refractivity contribution is -0.380. The molecule has 1 aromatic carbocycles. The summed E-state index contributed by atoms with van der Waals surface area (Å²) < 4.78 is 0. The van der Waals surface area contributed by atoms with E-state index in [4.69, 9.17) is 17.3 Å². The minimum absolute atomic E-state index is 0.0508. The molecule has 0 saturated heterocycles. The van der Waals surface area contributed by atoms with Crippen LogP contribution < -0.4 is 10.6 Å². The number of ketones is 1. The lowest BCUT2D eigenvalue weighted by atomic mass is 9.69. The Morgan fingerprint density at radius 1 is 1.29 bits per heavy atom. The Morgan fingerprint density at radius 2 is 2.00 bits per heavy atom. The number of benzene rings is 1. The highest BCUT2D eigenvalue weighted by molar-refractivity contribution is 7.15. The molecule has 1 aliphatic heterocycles. The second-order valence-corrected chi connectivity index (χ2v) is 9.87. The third-order valence-corrected chi connectivity index (χ3v) is 6.97. The maximum atomic E-state index is 13.4. The highest BCUT2D eigenvalue weighted by Crippen LogP contribution is 2.52. The first kappa shape index (κ1) is 21.1. The van der Waals surface area contributed by atoms with E-state index in [0.717, 1.165) is 11.3 Å². The molecule has 2 N–H and O–H groups in total. The Bertz CT molecular complexity index is 1220. The van der Waals surface area contributed by atoms with Crippen molar-refractivity contribution < 1.29 is 9.72 Å². The van der Waals surface area contributed by atoms with Crippen LogP contribution in [0, 0.1) is 26.9 Å². The number of hydrogen-bond donors (Lipinski definition) is 1. The van der Waals surface area contributed by atoms with E-state index >= 15 is 0 Å². The van der Waals surface area contributed by atoms with Crippen molar-refractivity contribution in [1.29, 1.82) is 5.26 Å². The molecule has 2 aromatic rings. The fourth-order valence-electron chi connectivity index (χ4n) is 4.30. The Kier molecular flexibility index (Phi) is 5.12. The second kappa shape index (κ2) is 7.52. The van der Waals surface area contributed by atoms with Crippen LogP contribution in [0.2, 0.25) is 5.02 Å². The summed E-state index contributed by atoms with van der Waals surface area (Å²) in [6, 6.07) is 12.3. The van der Waals surface area contributed by atoms with Crippen molar-refractivity contribution in [2.75, 3.05) is 4.90 Å². The van der Waals surface area contributed by atoms with Crippen molar-refractivity contribution in [1.82, 2.24) is 0 Å². The average molecular weight is 455 g/mol. The number of Topliss-reactive ketones (excluding diaryl/α,β-unsaturated/α-hetero) is 1. The number of rotatable bonds is 3. The van der Waals surface area contributed by atoms with Gasteiger partial charge in [-0.3, -0.25) is 19.8 Å². The van der Waals surface area contributed by atoms with Crippen LogP contribution in [-0.2, 0) is 4.79 Å². The topological polar surface area (TPSA) is 113 Å². The number of allylic oxidation sites excluding steroid dienone is 3. The molecule has 0 amide bonds. The van der Waals surface area contributed by atoms with Gasteiger partial charge in [-0.05, 0) is 30.0 Å². The number of anilines is 1. The summed E-state index contributed by atoms with van der Waals surface area (Å²) >= 11 is 7.42. The normalized spacial score (nSPS) is 20.5. The molecular weight excluding hydrogens is 436 g/mol. The van der Waals surface area contributed by atoms with Crippen molar-refractivity contribution in [3.63, 3.8) is 0 Å². The minimum atomic E-state index is -0.735. The van der Waals surface area contributed by atoms with Crippen molar-refractivity contribution >= 4 is 39.4 Å². The zero-order valence-electron chi connectivity index (χ0n) is 16.9. The molecule has 31 heavy (non-hydrogen) atoms. The van der Waals surface area contributed by atoms with Crippen LogP contribution in [0.25, 0.3) is 0 Å². The Hall–Kier alpha value is -3.15. The second-order valence-electron chi connectivity index (χ2n) is 8.36. The highest BCUT2D eigenvalue weighted by atomic mass is 35.5. The van der Waals surface area contributed by atoms with Gasteiger partial charge in [-0.25, -0.2) is 0 Å². The van der Waals surface area contributed by atoms with Gasteiger partial charge in [0.05, 0.1) is 33.2 Å². The number of para-hydroxylation sites is 1. The van der Waals surface area contributed by atoms with Gasteiger partial charge in [0.2, 0.25) is 0 Å². The van der Waals surface area contributed by atoms with Crippen molar-refractivity contribution in [2.45, 2.75) is 32.6 Å². The van der Waals surface area contributed by atoms with E-state index < -0.39 is 10.8 Å². The van der Waals surface area contributed by atoms with E-state index in [1.807, 2.05) is 19.9 Å². The molecule has 158 valence electrons. The van der Waals surface area contributed by atoms with Crippen molar-refractivity contribution in [2.24, 2.45) is 11.1 Å². The van der Waals surface area contributed by atoms with Crippen LogP contribution in [0.1, 0.15) is 37.5 Å².